The predicted molar refractivity (Wildman–Crippen MR) is 78.6 cm³/mol. The van der Waals surface area contributed by atoms with E-state index in [4.69, 9.17) is 0 Å². The van der Waals surface area contributed by atoms with Crippen LogP contribution in [0.15, 0.2) is 18.7 Å². The van der Waals surface area contributed by atoms with E-state index in [-0.39, 0.29) is 12.6 Å². The standard InChI is InChI=1S/C13H19N7O/c1-14-11-16-12(19-7-5-15-9-19)18-13(17-11)20-6-3-2-4-10(20)8-21/h5,7,9-10,21H,2-4,6,8H2,1H3,(H,14,16,17,18). The van der Waals surface area contributed by atoms with Crippen molar-refractivity contribution in [2.24, 2.45) is 0 Å². The first kappa shape index (κ1) is 13.7. The summed E-state index contributed by atoms with van der Waals surface area (Å²) < 4.78 is 1.74. The van der Waals surface area contributed by atoms with E-state index in [1.54, 1.807) is 30.3 Å². The molecule has 0 aromatic carbocycles. The van der Waals surface area contributed by atoms with Crippen LogP contribution in [0.1, 0.15) is 19.3 Å². The van der Waals surface area contributed by atoms with Crippen molar-refractivity contribution in [2.75, 3.05) is 30.4 Å². The van der Waals surface area contributed by atoms with Crippen molar-refractivity contribution in [3.63, 3.8) is 0 Å². The molecule has 8 nitrogen and oxygen atoms in total. The van der Waals surface area contributed by atoms with Crippen LogP contribution in [0, 0.1) is 0 Å². The average molecular weight is 289 g/mol. The van der Waals surface area contributed by atoms with Crippen LogP contribution in [-0.2, 0) is 0 Å². The first-order valence-corrected chi connectivity index (χ1v) is 7.11. The van der Waals surface area contributed by atoms with Gasteiger partial charge < -0.3 is 15.3 Å². The lowest BCUT2D eigenvalue weighted by Gasteiger charge is -2.34. The number of anilines is 2. The van der Waals surface area contributed by atoms with Gasteiger partial charge in [-0.2, -0.15) is 15.0 Å². The van der Waals surface area contributed by atoms with Gasteiger partial charge in [-0.3, -0.25) is 4.57 Å². The minimum absolute atomic E-state index is 0.0708. The molecule has 8 heteroatoms. The van der Waals surface area contributed by atoms with Crippen molar-refractivity contribution in [3.8, 4) is 5.95 Å². The third-order valence-corrected chi connectivity index (χ3v) is 3.67. The number of rotatable bonds is 4. The summed E-state index contributed by atoms with van der Waals surface area (Å²) in [5.41, 5.74) is 0. The Morgan fingerprint density at radius 1 is 1.29 bits per heavy atom. The zero-order valence-electron chi connectivity index (χ0n) is 12.0. The number of aliphatic hydroxyl groups is 1. The third kappa shape index (κ3) is 2.80. The largest absolute Gasteiger partial charge is 0.394 e. The zero-order chi connectivity index (χ0) is 14.7. The van der Waals surface area contributed by atoms with Gasteiger partial charge in [0.2, 0.25) is 17.8 Å². The van der Waals surface area contributed by atoms with Gasteiger partial charge in [-0.1, -0.05) is 0 Å². The summed E-state index contributed by atoms with van der Waals surface area (Å²) in [5.74, 6) is 1.62. The van der Waals surface area contributed by atoms with E-state index < -0.39 is 0 Å². The van der Waals surface area contributed by atoms with Gasteiger partial charge in [0, 0.05) is 26.0 Å². The smallest absolute Gasteiger partial charge is 0.241 e. The van der Waals surface area contributed by atoms with E-state index in [1.165, 1.54) is 0 Å². The van der Waals surface area contributed by atoms with E-state index in [9.17, 15) is 5.11 Å². The summed E-state index contributed by atoms with van der Waals surface area (Å²) in [6, 6.07) is 0.0708. The summed E-state index contributed by atoms with van der Waals surface area (Å²) in [4.78, 5) is 19.4. The van der Waals surface area contributed by atoms with Crippen molar-refractivity contribution in [3.05, 3.63) is 18.7 Å². The molecule has 0 aliphatic carbocycles. The van der Waals surface area contributed by atoms with Crippen LogP contribution in [0.3, 0.4) is 0 Å². The highest BCUT2D eigenvalue weighted by Crippen LogP contribution is 2.22. The number of aliphatic hydroxyl groups excluding tert-OH is 1. The van der Waals surface area contributed by atoms with Gasteiger partial charge in [-0.05, 0) is 19.3 Å². The summed E-state index contributed by atoms with van der Waals surface area (Å²) >= 11 is 0. The maximum Gasteiger partial charge on any atom is 0.241 e. The number of hydrogen-bond acceptors (Lipinski definition) is 7. The monoisotopic (exact) mass is 289 g/mol. The minimum Gasteiger partial charge on any atom is -0.394 e. The molecule has 112 valence electrons. The molecule has 1 saturated heterocycles. The quantitative estimate of drug-likeness (QED) is 0.844. The van der Waals surface area contributed by atoms with Crippen LogP contribution in [0.2, 0.25) is 0 Å². The molecule has 1 aliphatic rings. The fourth-order valence-electron chi connectivity index (χ4n) is 2.54. The summed E-state index contributed by atoms with van der Waals surface area (Å²) in [7, 11) is 1.77. The Kier molecular flexibility index (Phi) is 3.96. The lowest BCUT2D eigenvalue weighted by Crippen LogP contribution is -2.43. The normalized spacial score (nSPS) is 18.8. The van der Waals surface area contributed by atoms with Crippen LogP contribution in [0.5, 0.6) is 0 Å². The zero-order valence-corrected chi connectivity index (χ0v) is 12.0. The van der Waals surface area contributed by atoms with E-state index in [0.29, 0.717) is 17.8 Å². The van der Waals surface area contributed by atoms with Crippen molar-refractivity contribution < 1.29 is 5.11 Å². The van der Waals surface area contributed by atoms with Gasteiger partial charge in [0.15, 0.2) is 0 Å². The highest BCUT2D eigenvalue weighted by atomic mass is 16.3. The molecule has 0 amide bonds. The van der Waals surface area contributed by atoms with Gasteiger partial charge in [0.25, 0.3) is 0 Å². The first-order valence-electron chi connectivity index (χ1n) is 7.11. The Hall–Kier alpha value is -2.22. The Morgan fingerprint density at radius 2 is 2.14 bits per heavy atom. The molecule has 21 heavy (non-hydrogen) atoms. The maximum absolute atomic E-state index is 9.56. The molecule has 2 aromatic rings. The summed E-state index contributed by atoms with van der Waals surface area (Å²) in [6.07, 6.45) is 8.28. The Morgan fingerprint density at radius 3 is 2.86 bits per heavy atom. The molecule has 2 aromatic heterocycles. The van der Waals surface area contributed by atoms with Gasteiger partial charge in [-0.15, -0.1) is 0 Å². The lowest BCUT2D eigenvalue weighted by atomic mass is 10.0. The number of nitrogens with zero attached hydrogens (tertiary/aromatic N) is 6. The number of hydrogen-bond donors (Lipinski definition) is 2. The average Bonchev–Trinajstić information content (AvgIpc) is 3.09. The van der Waals surface area contributed by atoms with Gasteiger partial charge in [0.05, 0.1) is 12.6 Å². The molecule has 0 spiro atoms. The van der Waals surface area contributed by atoms with Crippen LogP contribution >= 0.6 is 0 Å². The molecular formula is C13H19N7O. The van der Waals surface area contributed by atoms with Crippen LogP contribution in [0.25, 0.3) is 5.95 Å². The molecular weight excluding hydrogens is 270 g/mol. The molecule has 2 N–H and O–H groups in total. The van der Waals surface area contributed by atoms with E-state index in [1.807, 2.05) is 0 Å². The molecule has 1 unspecified atom stereocenters. The van der Waals surface area contributed by atoms with E-state index in [0.717, 1.165) is 25.8 Å². The maximum atomic E-state index is 9.56. The molecule has 0 bridgehead atoms. The van der Waals surface area contributed by atoms with E-state index in [2.05, 4.69) is 30.2 Å². The second-order valence-corrected chi connectivity index (χ2v) is 5.00. The summed E-state index contributed by atoms with van der Waals surface area (Å²) in [6.45, 7) is 0.961. The number of imidazole rings is 1. The van der Waals surface area contributed by atoms with Crippen LogP contribution in [0.4, 0.5) is 11.9 Å². The van der Waals surface area contributed by atoms with Gasteiger partial charge >= 0.3 is 0 Å². The fourth-order valence-corrected chi connectivity index (χ4v) is 2.54. The topological polar surface area (TPSA) is 92.0 Å². The van der Waals surface area contributed by atoms with Crippen molar-refractivity contribution in [1.29, 1.82) is 0 Å². The molecule has 1 aliphatic heterocycles. The van der Waals surface area contributed by atoms with Gasteiger partial charge in [-0.25, -0.2) is 4.98 Å². The minimum atomic E-state index is 0.0708. The van der Waals surface area contributed by atoms with Crippen molar-refractivity contribution in [1.82, 2.24) is 24.5 Å². The van der Waals surface area contributed by atoms with Gasteiger partial charge in [0.1, 0.15) is 6.33 Å². The Labute approximate surface area is 122 Å². The second kappa shape index (κ2) is 6.04. The van der Waals surface area contributed by atoms with Crippen molar-refractivity contribution in [2.45, 2.75) is 25.3 Å². The number of nitrogens with one attached hydrogen (secondary N) is 1. The lowest BCUT2D eigenvalue weighted by molar-refractivity contribution is 0.238. The Bertz CT molecular complexity index is 586. The highest BCUT2D eigenvalue weighted by molar-refractivity contribution is 5.41. The molecule has 3 rings (SSSR count). The van der Waals surface area contributed by atoms with E-state index >= 15 is 0 Å². The second-order valence-electron chi connectivity index (χ2n) is 5.00. The molecule has 1 fully saturated rings. The molecule has 1 atom stereocenters. The predicted octanol–water partition coefficient (Wildman–Crippen LogP) is 0.450. The molecule has 3 heterocycles. The third-order valence-electron chi connectivity index (χ3n) is 3.67. The highest BCUT2D eigenvalue weighted by Gasteiger charge is 2.25. The number of piperidine rings is 1. The molecule has 0 saturated carbocycles. The van der Waals surface area contributed by atoms with Crippen LogP contribution < -0.4 is 10.2 Å². The first-order chi connectivity index (χ1) is 10.3. The summed E-state index contributed by atoms with van der Waals surface area (Å²) in [5, 5.41) is 12.5. The number of aromatic nitrogens is 5. The molecule has 0 radical (unpaired) electrons. The SMILES string of the molecule is CNc1nc(N2CCCCC2CO)nc(-n2ccnc2)n1. The fraction of sp³-hybridized carbons (Fsp3) is 0.538. The van der Waals surface area contributed by atoms with Crippen LogP contribution in [-0.4, -0.2) is 55.9 Å². The van der Waals surface area contributed by atoms with Crippen molar-refractivity contribution >= 4 is 11.9 Å². The Balaban J connectivity index is 1.99.